The van der Waals surface area contributed by atoms with Gasteiger partial charge in [-0.25, -0.2) is 8.78 Å². The quantitative estimate of drug-likeness (QED) is 0.782. The maximum Gasteiger partial charge on any atom is 0.261 e. The number of hydrogen-bond donors (Lipinski definition) is 1. The molecule has 0 bridgehead atoms. The van der Waals surface area contributed by atoms with Gasteiger partial charge in [-0.1, -0.05) is 0 Å². The summed E-state index contributed by atoms with van der Waals surface area (Å²) in [5.41, 5.74) is 0. The maximum atomic E-state index is 11.7. The first-order valence-corrected chi connectivity index (χ1v) is 6.15. The van der Waals surface area contributed by atoms with Gasteiger partial charge in [0.15, 0.2) is 0 Å². The highest BCUT2D eigenvalue weighted by molar-refractivity contribution is 9.10. The van der Waals surface area contributed by atoms with Crippen molar-refractivity contribution in [1.82, 2.24) is 5.32 Å². The second-order valence-electron chi connectivity index (χ2n) is 2.87. The van der Waals surface area contributed by atoms with Gasteiger partial charge in [0.05, 0.1) is 6.61 Å². The molecule has 1 heterocycles. The predicted molar refractivity (Wildman–Crippen MR) is 60.5 cm³/mol. The summed E-state index contributed by atoms with van der Waals surface area (Å²) >= 11 is 5.00. The highest BCUT2D eigenvalue weighted by Gasteiger charge is 2.01. The number of nitrogens with one attached hydrogen (secondary N) is 1. The van der Waals surface area contributed by atoms with Crippen LogP contribution in [0.25, 0.3) is 0 Å². The molecule has 0 spiro atoms. The number of hydrogen-bond acceptors (Lipinski definition) is 3. The minimum Gasteiger partial charge on any atom is -0.374 e. The molecular weight excluding hydrogens is 288 g/mol. The summed E-state index contributed by atoms with van der Waals surface area (Å²) in [6, 6.07) is 2.03. The molecule has 15 heavy (non-hydrogen) atoms. The molecule has 0 aliphatic rings. The molecule has 0 saturated carbocycles. The normalized spacial score (nSPS) is 11.2. The summed E-state index contributed by atoms with van der Waals surface area (Å²) in [7, 11) is 0. The van der Waals surface area contributed by atoms with Gasteiger partial charge in [-0.3, -0.25) is 0 Å². The number of halogens is 3. The van der Waals surface area contributed by atoms with Gasteiger partial charge in [-0.05, 0) is 22.0 Å². The van der Waals surface area contributed by atoms with Gasteiger partial charge < -0.3 is 10.1 Å². The van der Waals surface area contributed by atoms with Crippen molar-refractivity contribution in [1.29, 1.82) is 0 Å². The minimum atomic E-state index is -2.38. The monoisotopic (exact) mass is 299 g/mol. The molecule has 0 fully saturated rings. The first kappa shape index (κ1) is 13.0. The molecule has 1 aromatic heterocycles. The maximum absolute atomic E-state index is 11.7. The van der Waals surface area contributed by atoms with Crippen LogP contribution in [0.1, 0.15) is 4.88 Å². The van der Waals surface area contributed by atoms with Gasteiger partial charge in [0.2, 0.25) is 0 Å². The van der Waals surface area contributed by atoms with Gasteiger partial charge in [0.25, 0.3) is 6.43 Å². The summed E-state index contributed by atoms with van der Waals surface area (Å²) in [6.07, 6.45) is -2.38. The summed E-state index contributed by atoms with van der Waals surface area (Å²) in [5.74, 6) is 0. The molecule has 1 aromatic rings. The van der Waals surface area contributed by atoms with Crippen molar-refractivity contribution in [2.75, 3.05) is 19.8 Å². The number of thiophene rings is 1. The van der Waals surface area contributed by atoms with Crippen LogP contribution in [-0.2, 0) is 11.3 Å². The molecule has 0 aliphatic carbocycles. The van der Waals surface area contributed by atoms with E-state index in [-0.39, 0.29) is 0 Å². The predicted octanol–water partition coefficient (Wildman–Crippen LogP) is 2.88. The van der Waals surface area contributed by atoms with Gasteiger partial charge in [0.1, 0.15) is 6.61 Å². The van der Waals surface area contributed by atoms with E-state index in [1.54, 1.807) is 11.3 Å². The highest BCUT2D eigenvalue weighted by atomic mass is 79.9. The van der Waals surface area contributed by atoms with E-state index in [1.165, 1.54) is 4.88 Å². The van der Waals surface area contributed by atoms with Crippen molar-refractivity contribution in [2.24, 2.45) is 0 Å². The van der Waals surface area contributed by atoms with Crippen LogP contribution in [0.2, 0.25) is 0 Å². The third-order valence-electron chi connectivity index (χ3n) is 1.59. The van der Waals surface area contributed by atoms with Crippen LogP contribution >= 0.6 is 27.3 Å². The van der Waals surface area contributed by atoms with Crippen LogP contribution in [0.5, 0.6) is 0 Å². The van der Waals surface area contributed by atoms with E-state index < -0.39 is 13.0 Å². The largest absolute Gasteiger partial charge is 0.374 e. The standard InChI is InChI=1S/C9H12BrF2NOS/c10-7-3-8(15-6-7)4-13-1-2-14-5-9(11)12/h3,6,9,13H,1-2,4-5H2. The van der Waals surface area contributed by atoms with Crippen LogP contribution in [0.4, 0.5) is 8.78 Å². The molecule has 6 heteroatoms. The van der Waals surface area contributed by atoms with Gasteiger partial charge in [0, 0.05) is 27.8 Å². The summed E-state index contributed by atoms with van der Waals surface area (Å²) < 4.78 is 29.1. The lowest BCUT2D eigenvalue weighted by atomic mass is 10.4. The van der Waals surface area contributed by atoms with E-state index in [2.05, 4.69) is 21.2 Å². The van der Waals surface area contributed by atoms with Gasteiger partial charge in [-0.2, -0.15) is 0 Å². The lowest BCUT2D eigenvalue weighted by molar-refractivity contribution is 0.0187. The molecule has 0 saturated heterocycles. The minimum absolute atomic E-state index is 0.316. The van der Waals surface area contributed by atoms with E-state index in [0.29, 0.717) is 13.2 Å². The summed E-state index contributed by atoms with van der Waals surface area (Å²) in [4.78, 5) is 1.20. The van der Waals surface area contributed by atoms with Crippen LogP contribution in [-0.4, -0.2) is 26.2 Å². The van der Waals surface area contributed by atoms with Crippen molar-refractivity contribution < 1.29 is 13.5 Å². The fourth-order valence-electron chi connectivity index (χ4n) is 0.975. The molecule has 0 aliphatic heterocycles. The lowest BCUT2D eigenvalue weighted by Gasteiger charge is -2.04. The van der Waals surface area contributed by atoms with Crippen LogP contribution in [0.3, 0.4) is 0 Å². The Labute approximate surface area is 99.8 Å². The van der Waals surface area contributed by atoms with Crippen molar-refractivity contribution in [3.05, 3.63) is 20.8 Å². The van der Waals surface area contributed by atoms with Gasteiger partial charge in [-0.15, -0.1) is 11.3 Å². The molecule has 86 valence electrons. The summed E-state index contributed by atoms with van der Waals surface area (Å²) in [6.45, 7) is 1.17. The van der Waals surface area contributed by atoms with Gasteiger partial charge >= 0.3 is 0 Å². The van der Waals surface area contributed by atoms with E-state index in [1.807, 2.05) is 11.4 Å². The molecule has 0 unspecified atom stereocenters. The van der Waals surface area contributed by atoms with E-state index in [4.69, 9.17) is 4.74 Å². The fourth-order valence-corrected chi connectivity index (χ4v) is 2.40. The zero-order valence-corrected chi connectivity index (χ0v) is 10.4. The molecule has 0 atom stereocenters. The Bertz CT molecular complexity index is 283. The van der Waals surface area contributed by atoms with Crippen LogP contribution in [0, 0.1) is 0 Å². The highest BCUT2D eigenvalue weighted by Crippen LogP contribution is 2.19. The average molecular weight is 300 g/mol. The zero-order chi connectivity index (χ0) is 11.1. The molecule has 2 nitrogen and oxygen atoms in total. The lowest BCUT2D eigenvalue weighted by Crippen LogP contribution is -2.20. The Morgan fingerprint density at radius 3 is 2.93 bits per heavy atom. The molecule has 0 aromatic carbocycles. The number of alkyl halides is 2. The van der Waals surface area contributed by atoms with Crippen LogP contribution < -0.4 is 5.32 Å². The third-order valence-corrected chi connectivity index (χ3v) is 3.29. The van der Waals surface area contributed by atoms with Crippen molar-refractivity contribution >= 4 is 27.3 Å². The van der Waals surface area contributed by atoms with Crippen molar-refractivity contribution in [3.8, 4) is 0 Å². The Kier molecular flexibility index (Phi) is 6.31. The van der Waals surface area contributed by atoms with Crippen molar-refractivity contribution in [2.45, 2.75) is 13.0 Å². The van der Waals surface area contributed by atoms with E-state index in [0.717, 1.165) is 11.0 Å². The number of rotatable bonds is 7. The molecule has 0 amide bonds. The summed E-state index contributed by atoms with van der Waals surface area (Å²) in [5, 5.41) is 5.11. The second kappa shape index (κ2) is 7.27. The average Bonchev–Trinajstić information content (AvgIpc) is 2.57. The first-order chi connectivity index (χ1) is 7.18. The molecule has 1 rings (SSSR count). The third kappa shape index (κ3) is 6.19. The molecule has 1 N–H and O–H groups in total. The van der Waals surface area contributed by atoms with Crippen molar-refractivity contribution in [3.63, 3.8) is 0 Å². The fraction of sp³-hybridized carbons (Fsp3) is 0.556. The SMILES string of the molecule is FC(F)COCCNCc1cc(Br)cs1. The van der Waals surface area contributed by atoms with E-state index in [9.17, 15) is 8.78 Å². The molecular formula is C9H12BrF2NOS. The Hall–Kier alpha value is -0.0400. The Balaban J connectivity index is 1.98. The Morgan fingerprint density at radius 1 is 1.53 bits per heavy atom. The smallest absolute Gasteiger partial charge is 0.261 e. The van der Waals surface area contributed by atoms with Crippen LogP contribution in [0.15, 0.2) is 15.9 Å². The topological polar surface area (TPSA) is 21.3 Å². The number of ether oxygens (including phenoxy) is 1. The molecule has 0 radical (unpaired) electrons. The second-order valence-corrected chi connectivity index (χ2v) is 4.79. The first-order valence-electron chi connectivity index (χ1n) is 4.48. The van der Waals surface area contributed by atoms with E-state index >= 15 is 0 Å². The zero-order valence-electron chi connectivity index (χ0n) is 8.01. The Morgan fingerprint density at radius 2 is 2.33 bits per heavy atom.